The molecule has 31 heavy (non-hydrogen) atoms. The maximum Gasteiger partial charge on any atom is 0.240 e. The number of rotatable bonds is 8. The summed E-state index contributed by atoms with van der Waals surface area (Å²) in [6, 6.07) is 12.9. The first-order valence-electron chi connectivity index (χ1n) is 10.4. The standard InChI is InChI=1S/C23H29N3O4S/c1-16-4-6-19(7-5-16)10-12-24-23(28)11-13-25-31(29,30)21-8-9-22-20(15-21)14-17(2)26(22)18(3)27/h4-9,15,17,25H,10-14H2,1-3H3,(H,24,28)/t17-/m0/s1. The second-order valence-electron chi connectivity index (χ2n) is 7.97. The van der Waals surface area contributed by atoms with Crippen molar-refractivity contribution >= 4 is 27.5 Å². The average molecular weight is 444 g/mol. The van der Waals surface area contributed by atoms with Crippen LogP contribution in [0.25, 0.3) is 0 Å². The van der Waals surface area contributed by atoms with Gasteiger partial charge in [0.2, 0.25) is 21.8 Å². The summed E-state index contributed by atoms with van der Waals surface area (Å²) in [4.78, 5) is 25.7. The van der Waals surface area contributed by atoms with E-state index in [4.69, 9.17) is 0 Å². The van der Waals surface area contributed by atoms with E-state index < -0.39 is 10.0 Å². The number of aryl methyl sites for hydroxylation is 1. The number of carbonyl (C=O) groups is 2. The van der Waals surface area contributed by atoms with E-state index >= 15 is 0 Å². The van der Waals surface area contributed by atoms with Crippen LogP contribution in [-0.2, 0) is 32.5 Å². The maximum atomic E-state index is 12.6. The zero-order valence-electron chi connectivity index (χ0n) is 18.1. The van der Waals surface area contributed by atoms with Gasteiger partial charge in [-0.05, 0) is 56.0 Å². The fraction of sp³-hybridized carbons (Fsp3) is 0.391. The van der Waals surface area contributed by atoms with E-state index in [0.717, 1.165) is 23.2 Å². The van der Waals surface area contributed by atoms with Crippen LogP contribution in [0.5, 0.6) is 0 Å². The summed E-state index contributed by atoms with van der Waals surface area (Å²) in [6.45, 7) is 5.99. The second-order valence-corrected chi connectivity index (χ2v) is 9.73. The van der Waals surface area contributed by atoms with Crippen LogP contribution in [0.4, 0.5) is 5.69 Å². The summed E-state index contributed by atoms with van der Waals surface area (Å²) >= 11 is 0. The van der Waals surface area contributed by atoms with Crippen LogP contribution < -0.4 is 14.9 Å². The summed E-state index contributed by atoms with van der Waals surface area (Å²) in [5.41, 5.74) is 3.92. The summed E-state index contributed by atoms with van der Waals surface area (Å²) in [5, 5.41) is 2.81. The van der Waals surface area contributed by atoms with Gasteiger partial charge < -0.3 is 10.2 Å². The van der Waals surface area contributed by atoms with Crippen molar-refractivity contribution in [3.05, 3.63) is 59.2 Å². The Hall–Kier alpha value is -2.71. The Balaban J connectivity index is 1.49. The van der Waals surface area contributed by atoms with E-state index in [0.29, 0.717) is 13.0 Å². The Kier molecular flexibility index (Phi) is 7.12. The fourth-order valence-electron chi connectivity index (χ4n) is 3.83. The third kappa shape index (κ3) is 5.71. The van der Waals surface area contributed by atoms with E-state index in [-0.39, 0.29) is 35.7 Å². The number of fused-ring (bicyclic) bond motifs is 1. The predicted molar refractivity (Wildman–Crippen MR) is 120 cm³/mol. The van der Waals surface area contributed by atoms with Gasteiger partial charge in [-0.3, -0.25) is 9.59 Å². The average Bonchev–Trinajstić information content (AvgIpc) is 3.04. The Morgan fingerprint density at radius 1 is 1.10 bits per heavy atom. The molecule has 1 heterocycles. The largest absolute Gasteiger partial charge is 0.356 e. The molecule has 8 heteroatoms. The van der Waals surface area contributed by atoms with Gasteiger partial charge in [-0.2, -0.15) is 0 Å². The minimum absolute atomic E-state index is 0.00187. The molecule has 0 aromatic heterocycles. The number of benzene rings is 2. The number of hydrogen-bond donors (Lipinski definition) is 2. The molecule has 0 radical (unpaired) electrons. The van der Waals surface area contributed by atoms with Gasteiger partial charge in [0.05, 0.1) is 4.90 Å². The molecule has 0 bridgehead atoms. The van der Waals surface area contributed by atoms with E-state index in [1.165, 1.54) is 18.6 Å². The second kappa shape index (κ2) is 9.62. The molecule has 2 amide bonds. The Morgan fingerprint density at radius 2 is 1.81 bits per heavy atom. The van der Waals surface area contributed by atoms with Gasteiger partial charge in [-0.25, -0.2) is 13.1 Å². The van der Waals surface area contributed by atoms with Crippen molar-refractivity contribution in [2.24, 2.45) is 0 Å². The molecule has 1 atom stereocenters. The molecule has 0 unspecified atom stereocenters. The van der Waals surface area contributed by atoms with Crippen LogP contribution in [0.15, 0.2) is 47.4 Å². The number of hydrogen-bond acceptors (Lipinski definition) is 4. The molecule has 2 aromatic carbocycles. The van der Waals surface area contributed by atoms with E-state index in [1.807, 2.05) is 38.1 Å². The van der Waals surface area contributed by atoms with Gasteiger partial charge in [0.25, 0.3) is 0 Å². The summed E-state index contributed by atoms with van der Waals surface area (Å²) in [6.07, 6.45) is 1.40. The molecule has 7 nitrogen and oxygen atoms in total. The molecular weight excluding hydrogens is 414 g/mol. The van der Waals surface area contributed by atoms with Crippen molar-refractivity contribution < 1.29 is 18.0 Å². The van der Waals surface area contributed by atoms with Crippen molar-refractivity contribution in [1.82, 2.24) is 10.0 Å². The molecule has 0 saturated carbocycles. The van der Waals surface area contributed by atoms with Gasteiger partial charge in [0.1, 0.15) is 0 Å². The highest BCUT2D eigenvalue weighted by molar-refractivity contribution is 7.89. The van der Waals surface area contributed by atoms with Crippen molar-refractivity contribution in [3.63, 3.8) is 0 Å². The highest BCUT2D eigenvalue weighted by Gasteiger charge is 2.30. The Bertz CT molecular complexity index is 1060. The first-order valence-corrected chi connectivity index (χ1v) is 11.9. The quantitative estimate of drug-likeness (QED) is 0.655. The minimum Gasteiger partial charge on any atom is -0.356 e. The molecule has 0 spiro atoms. The number of nitrogens with one attached hydrogen (secondary N) is 2. The molecule has 2 N–H and O–H groups in total. The molecular formula is C23H29N3O4S. The van der Waals surface area contributed by atoms with Crippen LogP contribution >= 0.6 is 0 Å². The Morgan fingerprint density at radius 3 is 2.48 bits per heavy atom. The van der Waals surface area contributed by atoms with Crippen LogP contribution in [0.3, 0.4) is 0 Å². The van der Waals surface area contributed by atoms with Crippen LogP contribution in [0.2, 0.25) is 0 Å². The van der Waals surface area contributed by atoms with Crippen LogP contribution in [-0.4, -0.2) is 39.4 Å². The van der Waals surface area contributed by atoms with Gasteiger partial charge in [-0.15, -0.1) is 0 Å². The zero-order valence-corrected chi connectivity index (χ0v) is 19.0. The predicted octanol–water partition coefficient (Wildman–Crippen LogP) is 2.32. The number of amides is 2. The third-order valence-electron chi connectivity index (χ3n) is 5.42. The molecule has 1 aliphatic heterocycles. The van der Waals surface area contributed by atoms with Gasteiger partial charge >= 0.3 is 0 Å². The molecule has 3 rings (SSSR count). The summed E-state index contributed by atoms with van der Waals surface area (Å²) < 4.78 is 27.7. The third-order valence-corrected chi connectivity index (χ3v) is 6.88. The number of carbonyl (C=O) groups excluding carboxylic acids is 2. The van der Waals surface area contributed by atoms with E-state index in [9.17, 15) is 18.0 Å². The normalized spacial score (nSPS) is 15.6. The highest BCUT2D eigenvalue weighted by atomic mass is 32.2. The lowest BCUT2D eigenvalue weighted by atomic mass is 10.1. The van der Waals surface area contributed by atoms with E-state index in [1.54, 1.807) is 17.0 Å². The first-order chi connectivity index (χ1) is 14.7. The number of anilines is 1. The van der Waals surface area contributed by atoms with Crippen molar-refractivity contribution in [3.8, 4) is 0 Å². The summed E-state index contributed by atoms with van der Waals surface area (Å²) in [7, 11) is -3.73. The van der Waals surface area contributed by atoms with Gasteiger partial charge in [0.15, 0.2) is 0 Å². The first kappa shape index (κ1) is 23.0. The lowest BCUT2D eigenvalue weighted by molar-refractivity contribution is -0.121. The monoisotopic (exact) mass is 443 g/mol. The SMILES string of the molecule is CC(=O)N1c2ccc(S(=O)(=O)NCCC(=O)NCCc3ccc(C)cc3)cc2C[C@@H]1C. The molecule has 1 aliphatic rings. The van der Waals surface area contributed by atoms with Gasteiger partial charge in [0, 0.05) is 38.2 Å². The van der Waals surface area contributed by atoms with Crippen LogP contribution in [0.1, 0.15) is 37.0 Å². The lowest BCUT2D eigenvalue weighted by Gasteiger charge is -2.20. The zero-order chi connectivity index (χ0) is 22.6. The maximum absolute atomic E-state index is 12.6. The van der Waals surface area contributed by atoms with E-state index in [2.05, 4.69) is 10.0 Å². The molecule has 0 aliphatic carbocycles. The van der Waals surface area contributed by atoms with Crippen molar-refractivity contribution in [1.29, 1.82) is 0 Å². The smallest absolute Gasteiger partial charge is 0.240 e. The molecule has 166 valence electrons. The molecule has 2 aromatic rings. The number of sulfonamides is 1. The topological polar surface area (TPSA) is 95.6 Å². The van der Waals surface area contributed by atoms with Crippen molar-refractivity contribution in [2.75, 3.05) is 18.0 Å². The summed E-state index contributed by atoms with van der Waals surface area (Å²) in [5.74, 6) is -0.261. The minimum atomic E-state index is -3.73. The fourth-order valence-corrected chi connectivity index (χ4v) is 4.91. The Labute approximate surface area is 183 Å². The molecule has 0 saturated heterocycles. The van der Waals surface area contributed by atoms with Crippen LogP contribution in [0, 0.1) is 6.92 Å². The number of nitrogens with zero attached hydrogens (tertiary/aromatic N) is 1. The molecule has 0 fully saturated rings. The lowest BCUT2D eigenvalue weighted by Crippen LogP contribution is -2.33. The highest BCUT2D eigenvalue weighted by Crippen LogP contribution is 2.33. The van der Waals surface area contributed by atoms with Gasteiger partial charge in [-0.1, -0.05) is 29.8 Å². The van der Waals surface area contributed by atoms with Crippen molar-refractivity contribution in [2.45, 2.75) is 51.0 Å².